The van der Waals surface area contributed by atoms with Crippen molar-refractivity contribution in [2.45, 2.75) is 47.2 Å². The number of primary amides is 1. The highest BCUT2D eigenvalue weighted by Gasteiger charge is 2.67. The van der Waals surface area contributed by atoms with Gasteiger partial charge in [-0.05, 0) is 29.2 Å². The minimum atomic E-state index is -0.333. The number of urea groups is 1. The molecular weight excluding hydrogens is 248 g/mol. The highest BCUT2D eigenvalue weighted by Crippen LogP contribution is 2.70. The van der Waals surface area contributed by atoms with Gasteiger partial charge in [0.05, 0.1) is 0 Å². The molecule has 0 aliphatic heterocycles. The van der Waals surface area contributed by atoms with Crippen LogP contribution < -0.4 is 5.73 Å². The molecule has 2 N–H and O–H groups in total. The van der Waals surface area contributed by atoms with Crippen molar-refractivity contribution in [3.63, 3.8) is 0 Å². The van der Waals surface area contributed by atoms with Crippen LogP contribution in [-0.4, -0.2) is 17.0 Å². The Bertz CT molecular complexity index is 479. The lowest BCUT2D eigenvalue weighted by molar-refractivity contribution is 0.168. The maximum absolute atomic E-state index is 11.8. The van der Waals surface area contributed by atoms with Gasteiger partial charge in [-0.25, -0.2) is 4.79 Å². The lowest BCUT2D eigenvalue weighted by Gasteiger charge is -2.29. The van der Waals surface area contributed by atoms with Gasteiger partial charge in [0.1, 0.15) is 0 Å². The van der Waals surface area contributed by atoms with Crippen molar-refractivity contribution in [2.24, 2.45) is 22.5 Å². The molecule has 20 heavy (non-hydrogen) atoms. The number of carbonyl (C=O) groups excluding carboxylic acids is 1. The molecule has 0 saturated heterocycles. The van der Waals surface area contributed by atoms with Crippen LogP contribution in [0.3, 0.4) is 0 Å². The quantitative estimate of drug-likeness (QED) is 0.895. The van der Waals surface area contributed by atoms with Gasteiger partial charge in [-0.1, -0.05) is 58.0 Å². The summed E-state index contributed by atoms with van der Waals surface area (Å²) in [6, 6.07) is 9.85. The van der Waals surface area contributed by atoms with Gasteiger partial charge in [-0.15, -0.1) is 0 Å². The van der Waals surface area contributed by atoms with Crippen LogP contribution in [-0.2, 0) is 6.54 Å². The van der Waals surface area contributed by atoms with Crippen molar-refractivity contribution in [3.05, 3.63) is 35.9 Å². The number of carbonyl (C=O) groups is 1. The Balaban J connectivity index is 2.17. The van der Waals surface area contributed by atoms with Crippen LogP contribution in [0.5, 0.6) is 0 Å². The minimum absolute atomic E-state index is 0.151. The number of rotatable bonds is 4. The van der Waals surface area contributed by atoms with E-state index in [0.717, 1.165) is 5.56 Å². The standard InChI is InChI=1S/C17H26N2O/c1-12(14-16(2,3)17(14,4)5)19(15(18)20)11-13-9-7-6-8-10-13/h6-10,12,14H,11H2,1-5H3,(H2,18,20)/t12-/m0/s1. The second kappa shape index (κ2) is 4.80. The van der Waals surface area contributed by atoms with Crippen LogP contribution in [0.25, 0.3) is 0 Å². The van der Waals surface area contributed by atoms with E-state index in [1.807, 2.05) is 30.3 Å². The van der Waals surface area contributed by atoms with Crippen LogP contribution in [0.1, 0.15) is 40.2 Å². The number of hydrogen-bond acceptors (Lipinski definition) is 1. The molecule has 0 heterocycles. The van der Waals surface area contributed by atoms with E-state index in [2.05, 4.69) is 34.6 Å². The molecule has 2 amide bonds. The molecule has 1 aliphatic rings. The molecule has 0 bridgehead atoms. The highest BCUT2D eigenvalue weighted by molar-refractivity contribution is 5.72. The van der Waals surface area contributed by atoms with E-state index in [4.69, 9.17) is 5.73 Å². The van der Waals surface area contributed by atoms with Crippen LogP contribution in [0.2, 0.25) is 0 Å². The van der Waals surface area contributed by atoms with Gasteiger partial charge in [0, 0.05) is 12.6 Å². The first-order chi connectivity index (χ1) is 9.19. The third-order valence-electron chi connectivity index (χ3n) is 5.59. The Labute approximate surface area is 122 Å². The van der Waals surface area contributed by atoms with Crippen molar-refractivity contribution >= 4 is 6.03 Å². The van der Waals surface area contributed by atoms with Gasteiger partial charge < -0.3 is 10.6 Å². The normalized spacial score (nSPS) is 21.2. The summed E-state index contributed by atoms with van der Waals surface area (Å²) in [6.45, 7) is 11.8. The number of nitrogens with zero attached hydrogens (tertiary/aromatic N) is 1. The largest absolute Gasteiger partial charge is 0.351 e. The van der Waals surface area contributed by atoms with Gasteiger partial charge in [0.25, 0.3) is 0 Å². The Kier molecular flexibility index (Phi) is 3.57. The molecule has 110 valence electrons. The summed E-state index contributed by atoms with van der Waals surface area (Å²) in [5, 5.41) is 0. The van der Waals surface area contributed by atoms with Crippen molar-refractivity contribution < 1.29 is 4.79 Å². The third kappa shape index (κ3) is 2.30. The smallest absolute Gasteiger partial charge is 0.315 e. The minimum Gasteiger partial charge on any atom is -0.351 e. The fraction of sp³-hybridized carbons (Fsp3) is 0.588. The monoisotopic (exact) mass is 274 g/mol. The Morgan fingerprint density at radius 1 is 1.20 bits per heavy atom. The van der Waals surface area contributed by atoms with E-state index in [1.165, 1.54) is 0 Å². The predicted molar refractivity (Wildman–Crippen MR) is 82.1 cm³/mol. The molecule has 0 aromatic heterocycles. The Morgan fingerprint density at radius 3 is 2.10 bits per heavy atom. The first-order valence-corrected chi connectivity index (χ1v) is 7.29. The van der Waals surface area contributed by atoms with Gasteiger partial charge in [-0.3, -0.25) is 0 Å². The summed E-state index contributed by atoms with van der Waals surface area (Å²) < 4.78 is 0. The van der Waals surface area contributed by atoms with Crippen LogP contribution >= 0.6 is 0 Å². The van der Waals surface area contributed by atoms with E-state index in [1.54, 1.807) is 4.90 Å². The molecular formula is C17H26N2O. The van der Waals surface area contributed by atoms with E-state index < -0.39 is 0 Å². The summed E-state index contributed by atoms with van der Waals surface area (Å²) >= 11 is 0. The van der Waals surface area contributed by atoms with Gasteiger partial charge in [-0.2, -0.15) is 0 Å². The summed E-state index contributed by atoms with van der Waals surface area (Å²) in [6.07, 6.45) is 0. The average molecular weight is 274 g/mol. The van der Waals surface area contributed by atoms with E-state index in [-0.39, 0.29) is 22.9 Å². The SMILES string of the molecule is C[C@@H](C1C(C)(C)C1(C)C)N(Cc1ccccc1)C(N)=O. The molecule has 1 aromatic carbocycles. The molecule has 3 heteroatoms. The topological polar surface area (TPSA) is 46.3 Å². The van der Waals surface area contributed by atoms with E-state index >= 15 is 0 Å². The first-order valence-electron chi connectivity index (χ1n) is 7.29. The number of benzene rings is 1. The molecule has 1 atom stereocenters. The molecule has 2 rings (SSSR count). The lowest BCUT2D eigenvalue weighted by Crippen LogP contribution is -2.43. The Hall–Kier alpha value is -1.51. The van der Waals surface area contributed by atoms with Crippen LogP contribution in [0.4, 0.5) is 4.79 Å². The van der Waals surface area contributed by atoms with Crippen molar-refractivity contribution in [1.29, 1.82) is 0 Å². The zero-order chi connectivity index (χ0) is 15.1. The third-order valence-corrected chi connectivity index (χ3v) is 5.59. The van der Waals surface area contributed by atoms with Crippen molar-refractivity contribution in [2.75, 3.05) is 0 Å². The summed E-state index contributed by atoms with van der Waals surface area (Å²) in [5.74, 6) is 0.478. The lowest BCUT2D eigenvalue weighted by atomic mass is 10.0. The fourth-order valence-electron chi connectivity index (χ4n) is 3.84. The van der Waals surface area contributed by atoms with Gasteiger partial charge >= 0.3 is 6.03 Å². The second-order valence-corrected chi connectivity index (χ2v) is 7.11. The Morgan fingerprint density at radius 2 is 1.70 bits per heavy atom. The maximum Gasteiger partial charge on any atom is 0.315 e. The number of nitrogens with two attached hydrogens (primary N) is 1. The predicted octanol–water partition coefficient (Wildman–Crippen LogP) is 3.64. The zero-order valence-corrected chi connectivity index (χ0v) is 13.2. The highest BCUT2D eigenvalue weighted by atomic mass is 16.2. The molecule has 0 radical (unpaired) electrons. The van der Waals surface area contributed by atoms with Crippen LogP contribution in [0, 0.1) is 16.7 Å². The molecule has 0 unspecified atom stereocenters. The van der Waals surface area contributed by atoms with E-state index in [9.17, 15) is 4.79 Å². The van der Waals surface area contributed by atoms with Crippen molar-refractivity contribution in [1.82, 2.24) is 4.90 Å². The molecule has 3 nitrogen and oxygen atoms in total. The summed E-state index contributed by atoms with van der Waals surface area (Å²) in [7, 11) is 0. The fourth-order valence-corrected chi connectivity index (χ4v) is 3.84. The van der Waals surface area contributed by atoms with Crippen LogP contribution in [0.15, 0.2) is 30.3 Å². The zero-order valence-electron chi connectivity index (χ0n) is 13.2. The first kappa shape index (κ1) is 14.9. The molecule has 1 aliphatic carbocycles. The second-order valence-electron chi connectivity index (χ2n) is 7.11. The molecule has 1 saturated carbocycles. The molecule has 1 aromatic rings. The molecule has 1 fully saturated rings. The van der Waals surface area contributed by atoms with Crippen molar-refractivity contribution in [3.8, 4) is 0 Å². The summed E-state index contributed by atoms with van der Waals surface area (Å²) in [4.78, 5) is 13.6. The van der Waals surface area contributed by atoms with Gasteiger partial charge in [0.2, 0.25) is 0 Å². The number of amides is 2. The van der Waals surface area contributed by atoms with Gasteiger partial charge in [0.15, 0.2) is 0 Å². The average Bonchev–Trinajstić information content (AvgIpc) is 2.77. The maximum atomic E-state index is 11.8. The molecule has 0 spiro atoms. The summed E-state index contributed by atoms with van der Waals surface area (Å²) in [5.41, 5.74) is 7.23. The number of hydrogen-bond donors (Lipinski definition) is 1. The van der Waals surface area contributed by atoms with E-state index in [0.29, 0.717) is 12.5 Å².